The van der Waals surface area contributed by atoms with Crippen molar-refractivity contribution in [2.24, 2.45) is 11.1 Å². The van der Waals surface area contributed by atoms with Gasteiger partial charge in [-0.2, -0.15) is 0 Å². The van der Waals surface area contributed by atoms with Gasteiger partial charge in [-0.25, -0.2) is 0 Å². The van der Waals surface area contributed by atoms with Crippen LogP contribution in [-0.2, 0) is 19.1 Å². The van der Waals surface area contributed by atoms with Crippen LogP contribution in [0.1, 0.15) is 53.4 Å². The van der Waals surface area contributed by atoms with Crippen molar-refractivity contribution < 1.29 is 24.2 Å². The summed E-state index contributed by atoms with van der Waals surface area (Å²) in [6, 6.07) is 0. The van der Waals surface area contributed by atoms with Crippen molar-refractivity contribution in [1.29, 1.82) is 0 Å². The molecule has 0 saturated carbocycles. The number of hydrogen-bond acceptors (Lipinski definition) is 7. The molecule has 0 aromatic heterocycles. The fourth-order valence-corrected chi connectivity index (χ4v) is 3.26. The largest absolute Gasteiger partial charge is 0.401 e. The summed E-state index contributed by atoms with van der Waals surface area (Å²) in [7, 11) is 0. The van der Waals surface area contributed by atoms with Crippen LogP contribution in [0.5, 0.6) is 0 Å². The molecule has 2 fully saturated rings. The fourth-order valence-electron chi connectivity index (χ4n) is 3.26. The number of nitrogens with zero attached hydrogens (tertiary/aromatic N) is 1. The van der Waals surface area contributed by atoms with Gasteiger partial charge in [-0.3, -0.25) is 19.8 Å². The highest BCUT2D eigenvalue weighted by molar-refractivity contribution is 6.04. The second-order valence-corrected chi connectivity index (χ2v) is 8.86. The van der Waals surface area contributed by atoms with Crippen molar-refractivity contribution in [3.8, 4) is 0 Å². The second-order valence-electron chi connectivity index (χ2n) is 8.86. The first-order chi connectivity index (χ1) is 13.0. The zero-order chi connectivity index (χ0) is 20.9. The maximum absolute atomic E-state index is 12.6. The number of carbonyl (C=O) groups excluding carboxylic acids is 2. The van der Waals surface area contributed by atoms with Gasteiger partial charge in [-0.1, -0.05) is 13.8 Å². The smallest absolute Gasteiger partial charge is 0.252 e. The molecule has 0 radical (unpaired) electrons. The van der Waals surface area contributed by atoms with Crippen molar-refractivity contribution >= 4 is 11.8 Å². The number of aliphatic hydroxyl groups excluding tert-OH is 1. The summed E-state index contributed by atoms with van der Waals surface area (Å²) in [5.74, 6) is -0.974. The molecule has 4 N–H and O–H groups in total. The summed E-state index contributed by atoms with van der Waals surface area (Å²) in [5.41, 5.74) is 4.98. The van der Waals surface area contributed by atoms with E-state index in [0.717, 1.165) is 19.3 Å². The van der Waals surface area contributed by atoms with Gasteiger partial charge in [0.05, 0.1) is 18.2 Å². The molecule has 2 aliphatic rings. The van der Waals surface area contributed by atoms with Gasteiger partial charge in [-0.05, 0) is 39.5 Å². The Morgan fingerprint density at radius 1 is 1.29 bits per heavy atom. The zero-order valence-electron chi connectivity index (χ0n) is 17.5. The summed E-state index contributed by atoms with van der Waals surface area (Å²) in [5, 5.41) is 12.1. The first kappa shape index (κ1) is 22.8. The van der Waals surface area contributed by atoms with E-state index in [1.807, 2.05) is 18.7 Å². The minimum atomic E-state index is -0.896. The molecule has 8 heteroatoms. The summed E-state index contributed by atoms with van der Waals surface area (Å²) in [6.45, 7) is 9.29. The Kier molecular flexibility index (Phi) is 7.61. The molecule has 0 aromatic carbocycles. The number of likely N-dealkylation sites (tertiary alicyclic amines) is 1. The lowest BCUT2D eigenvalue weighted by Gasteiger charge is -2.33. The molecule has 2 aliphatic heterocycles. The number of amides is 2. The molecule has 0 spiro atoms. The van der Waals surface area contributed by atoms with Crippen LogP contribution in [-0.4, -0.2) is 66.1 Å². The third-order valence-corrected chi connectivity index (χ3v) is 5.58. The van der Waals surface area contributed by atoms with Gasteiger partial charge < -0.3 is 20.3 Å². The summed E-state index contributed by atoms with van der Waals surface area (Å²) in [4.78, 5) is 26.8. The first-order valence-corrected chi connectivity index (χ1v) is 10.0. The molecule has 28 heavy (non-hydrogen) atoms. The Labute approximate surface area is 167 Å². The maximum atomic E-state index is 12.6. The Balaban J connectivity index is 1.89. The number of aliphatic hydroxyl groups is 1. The minimum absolute atomic E-state index is 0.229. The number of β-amino-alcohol motifs (C(OH)–C–C–N with tert-alkyl or cyclic N) is 1. The van der Waals surface area contributed by atoms with Crippen LogP contribution in [0.3, 0.4) is 0 Å². The van der Waals surface area contributed by atoms with Gasteiger partial charge >= 0.3 is 0 Å². The van der Waals surface area contributed by atoms with E-state index in [4.69, 9.17) is 15.2 Å². The average molecular weight is 398 g/mol. The Morgan fingerprint density at radius 3 is 2.57 bits per heavy atom. The van der Waals surface area contributed by atoms with E-state index in [-0.39, 0.29) is 6.29 Å². The lowest BCUT2D eigenvalue weighted by atomic mass is 9.90. The number of ether oxygens (including phenoxy) is 2. The van der Waals surface area contributed by atoms with Crippen molar-refractivity contribution in [2.75, 3.05) is 26.3 Å². The van der Waals surface area contributed by atoms with E-state index >= 15 is 0 Å². The summed E-state index contributed by atoms with van der Waals surface area (Å²) in [6.07, 6.45) is 4.18. The van der Waals surface area contributed by atoms with E-state index in [0.29, 0.717) is 38.4 Å². The standard InChI is InChI=1S/C20H35N3O5/c1-19(2,13-28-17-7-5-6-10-27-17)15(21)11-16(25)22-18(26)20(3,4)23-9-8-14(24)12-23/h11,14,17,24H,5-10,12-13,21H2,1-4H3,(H,22,25,26)/t14-,17?/m0/s1. The van der Waals surface area contributed by atoms with Gasteiger partial charge in [0, 0.05) is 36.9 Å². The monoisotopic (exact) mass is 397 g/mol. The third kappa shape index (κ3) is 6.01. The molecule has 160 valence electrons. The van der Waals surface area contributed by atoms with Gasteiger partial charge in [0.25, 0.3) is 5.91 Å². The van der Waals surface area contributed by atoms with E-state index in [1.165, 1.54) is 6.08 Å². The topological polar surface area (TPSA) is 114 Å². The number of nitrogens with one attached hydrogen (secondary N) is 1. The Bertz CT molecular complexity index is 597. The van der Waals surface area contributed by atoms with E-state index in [9.17, 15) is 14.7 Å². The van der Waals surface area contributed by atoms with Gasteiger partial charge in [-0.15, -0.1) is 0 Å². The molecule has 2 amide bonds. The molecular formula is C20H35N3O5. The van der Waals surface area contributed by atoms with Gasteiger partial charge in [0.15, 0.2) is 6.29 Å². The molecule has 1 unspecified atom stereocenters. The Hall–Kier alpha value is -1.48. The van der Waals surface area contributed by atoms with Crippen LogP contribution < -0.4 is 11.1 Å². The molecule has 0 bridgehead atoms. The molecule has 8 nitrogen and oxygen atoms in total. The summed E-state index contributed by atoms with van der Waals surface area (Å²) >= 11 is 0. The maximum Gasteiger partial charge on any atom is 0.252 e. The molecular weight excluding hydrogens is 362 g/mol. The fraction of sp³-hybridized carbons (Fsp3) is 0.800. The van der Waals surface area contributed by atoms with Crippen molar-refractivity contribution in [3.05, 3.63) is 11.8 Å². The number of hydrogen-bond donors (Lipinski definition) is 3. The van der Waals surface area contributed by atoms with Gasteiger partial charge in [0.1, 0.15) is 0 Å². The molecule has 2 saturated heterocycles. The normalized spacial score (nSPS) is 25.0. The van der Waals surface area contributed by atoms with Crippen LogP contribution in [0, 0.1) is 5.41 Å². The quantitative estimate of drug-likeness (QED) is 0.547. The lowest BCUT2D eigenvalue weighted by Crippen LogP contribution is -2.55. The second kappa shape index (κ2) is 9.35. The van der Waals surface area contributed by atoms with Crippen molar-refractivity contribution in [1.82, 2.24) is 10.2 Å². The lowest BCUT2D eigenvalue weighted by molar-refractivity contribution is -0.173. The minimum Gasteiger partial charge on any atom is -0.401 e. The molecule has 2 heterocycles. The molecule has 2 rings (SSSR count). The predicted octanol–water partition coefficient (Wildman–Crippen LogP) is 0.886. The number of imide groups is 1. The third-order valence-electron chi connectivity index (χ3n) is 5.58. The number of carbonyl (C=O) groups is 2. The van der Waals surface area contributed by atoms with Crippen LogP contribution in [0.4, 0.5) is 0 Å². The van der Waals surface area contributed by atoms with Crippen molar-refractivity contribution in [3.63, 3.8) is 0 Å². The zero-order valence-corrected chi connectivity index (χ0v) is 17.5. The van der Waals surface area contributed by atoms with Crippen LogP contribution >= 0.6 is 0 Å². The molecule has 0 aromatic rings. The number of nitrogens with two attached hydrogens (primary N) is 1. The SMILES string of the molecule is CC(C)(COC1CCCCO1)C(N)=CC(=O)NC(=O)C(C)(C)N1CC[C@H](O)C1. The predicted molar refractivity (Wildman–Crippen MR) is 105 cm³/mol. The highest BCUT2D eigenvalue weighted by atomic mass is 16.7. The van der Waals surface area contributed by atoms with Crippen molar-refractivity contribution in [2.45, 2.75) is 71.3 Å². The van der Waals surface area contributed by atoms with Crippen LogP contribution in [0.2, 0.25) is 0 Å². The average Bonchev–Trinajstić information content (AvgIpc) is 3.08. The van der Waals surface area contributed by atoms with Crippen LogP contribution in [0.15, 0.2) is 11.8 Å². The van der Waals surface area contributed by atoms with E-state index in [2.05, 4.69) is 5.32 Å². The first-order valence-electron chi connectivity index (χ1n) is 10.0. The number of rotatable bonds is 7. The van der Waals surface area contributed by atoms with E-state index < -0.39 is 28.9 Å². The highest BCUT2D eigenvalue weighted by Crippen LogP contribution is 2.25. The highest BCUT2D eigenvalue weighted by Gasteiger charge is 2.39. The molecule has 0 aliphatic carbocycles. The van der Waals surface area contributed by atoms with Gasteiger partial charge in [0.2, 0.25) is 5.91 Å². The van der Waals surface area contributed by atoms with Crippen LogP contribution in [0.25, 0.3) is 0 Å². The Morgan fingerprint density at radius 2 is 2.00 bits per heavy atom. The van der Waals surface area contributed by atoms with E-state index in [1.54, 1.807) is 13.8 Å². The molecule has 2 atom stereocenters. The summed E-state index contributed by atoms with van der Waals surface area (Å²) < 4.78 is 11.3.